The van der Waals surface area contributed by atoms with Crippen LogP contribution in [0, 0.1) is 0 Å². The maximum Gasteiger partial charge on any atom is 0.348 e. The van der Waals surface area contributed by atoms with Crippen molar-refractivity contribution in [2.75, 3.05) is 7.05 Å². The number of esters is 1. The summed E-state index contributed by atoms with van der Waals surface area (Å²) in [5.74, 6) is -0.0880. The number of halogens is 1. The molecule has 174 valence electrons. The molecular weight excluding hydrogens is 454 g/mol. The number of ketones is 1. The lowest BCUT2D eigenvalue weighted by Gasteiger charge is -2.40. The molecule has 1 fully saturated rings. The molecule has 33 heavy (non-hydrogen) atoms. The van der Waals surface area contributed by atoms with Gasteiger partial charge in [0.1, 0.15) is 11.0 Å². The molecule has 6 heteroatoms. The van der Waals surface area contributed by atoms with Crippen molar-refractivity contribution < 1.29 is 14.3 Å². The van der Waals surface area contributed by atoms with Gasteiger partial charge in [-0.1, -0.05) is 73.2 Å². The van der Waals surface area contributed by atoms with Crippen LogP contribution >= 0.6 is 23.7 Å². The Balaban J connectivity index is 0.00000306. The van der Waals surface area contributed by atoms with Crippen molar-refractivity contribution in [2.24, 2.45) is 0 Å². The van der Waals surface area contributed by atoms with Gasteiger partial charge in [-0.2, -0.15) is 0 Å². The first-order valence-corrected chi connectivity index (χ1v) is 12.1. The van der Waals surface area contributed by atoms with Crippen LogP contribution in [0.4, 0.5) is 0 Å². The molecule has 0 radical (unpaired) electrons. The number of benzene rings is 2. The first-order chi connectivity index (χ1) is 15.6. The Morgan fingerprint density at radius 2 is 1.64 bits per heavy atom. The number of piperidine rings is 1. The Hall–Kier alpha value is -2.47. The van der Waals surface area contributed by atoms with Crippen LogP contribution in [0.5, 0.6) is 0 Å². The van der Waals surface area contributed by atoms with E-state index in [9.17, 15) is 9.59 Å². The molecule has 3 aromatic rings. The monoisotopic (exact) mass is 483 g/mol. The molecule has 4 rings (SSSR count). The summed E-state index contributed by atoms with van der Waals surface area (Å²) in [5, 5.41) is 1.89. The van der Waals surface area contributed by atoms with Crippen LogP contribution < -0.4 is 0 Å². The number of ether oxygens (including phenoxy) is 1. The number of thiophene rings is 1. The summed E-state index contributed by atoms with van der Waals surface area (Å²) in [4.78, 5) is 28.5. The van der Waals surface area contributed by atoms with Gasteiger partial charge in [-0.05, 0) is 36.9 Å². The second-order valence-corrected chi connectivity index (χ2v) is 9.36. The zero-order valence-corrected chi connectivity index (χ0v) is 20.4. The van der Waals surface area contributed by atoms with E-state index in [1.807, 2.05) is 72.1 Å². The van der Waals surface area contributed by atoms with Crippen LogP contribution in [0.3, 0.4) is 0 Å². The molecule has 0 aliphatic carbocycles. The minimum atomic E-state index is -0.318. The Kier molecular flexibility index (Phi) is 9.24. The second-order valence-electron chi connectivity index (χ2n) is 8.41. The van der Waals surface area contributed by atoms with Crippen molar-refractivity contribution in [1.82, 2.24) is 4.90 Å². The third kappa shape index (κ3) is 6.53. The van der Waals surface area contributed by atoms with Gasteiger partial charge < -0.3 is 4.74 Å². The van der Waals surface area contributed by atoms with E-state index in [1.165, 1.54) is 11.3 Å². The summed E-state index contributed by atoms with van der Waals surface area (Å²) in [6.07, 6.45) is 4.03. The van der Waals surface area contributed by atoms with E-state index in [0.717, 1.165) is 30.4 Å². The molecule has 0 spiro atoms. The van der Waals surface area contributed by atoms with Gasteiger partial charge in [-0.25, -0.2) is 4.79 Å². The fourth-order valence-electron chi connectivity index (χ4n) is 4.53. The van der Waals surface area contributed by atoms with Gasteiger partial charge in [0.05, 0.1) is 0 Å². The third-order valence-corrected chi connectivity index (χ3v) is 7.22. The highest BCUT2D eigenvalue weighted by molar-refractivity contribution is 7.11. The molecule has 0 saturated carbocycles. The Morgan fingerprint density at radius 3 is 2.30 bits per heavy atom. The Bertz CT molecular complexity index is 1010. The van der Waals surface area contributed by atoms with E-state index in [1.54, 1.807) is 6.07 Å². The summed E-state index contributed by atoms with van der Waals surface area (Å²) in [7, 11) is 2.11. The average Bonchev–Trinajstić information content (AvgIpc) is 3.37. The lowest BCUT2D eigenvalue weighted by molar-refractivity contribution is 0.0121. The second kappa shape index (κ2) is 12.1. The number of carbonyl (C=O) groups is 2. The molecule has 4 nitrogen and oxygen atoms in total. The molecule has 0 amide bonds. The molecule has 0 unspecified atom stereocenters. The van der Waals surface area contributed by atoms with Gasteiger partial charge >= 0.3 is 5.97 Å². The molecule has 0 bridgehead atoms. The smallest absolute Gasteiger partial charge is 0.348 e. The molecule has 1 saturated heterocycles. The first kappa shape index (κ1) is 25.2. The highest BCUT2D eigenvalue weighted by Gasteiger charge is 2.32. The molecule has 1 aliphatic rings. The molecular formula is C27H30ClNO3S. The highest BCUT2D eigenvalue weighted by Crippen LogP contribution is 2.33. The highest BCUT2D eigenvalue weighted by atomic mass is 35.5. The lowest BCUT2D eigenvalue weighted by atomic mass is 9.88. The predicted molar refractivity (Wildman–Crippen MR) is 135 cm³/mol. The zero-order chi connectivity index (χ0) is 22.3. The zero-order valence-electron chi connectivity index (χ0n) is 18.8. The molecule has 1 aromatic heterocycles. The van der Waals surface area contributed by atoms with Gasteiger partial charge in [0, 0.05) is 30.5 Å². The quantitative estimate of drug-likeness (QED) is 0.268. The van der Waals surface area contributed by atoms with Gasteiger partial charge in [-0.15, -0.1) is 23.7 Å². The number of nitrogens with zero attached hydrogens (tertiary/aromatic N) is 1. The van der Waals surface area contributed by atoms with E-state index < -0.39 is 0 Å². The van der Waals surface area contributed by atoms with Crippen LogP contribution in [0.25, 0.3) is 0 Å². The number of Topliss-reactive ketones (excluding diaryl/α,β-unsaturated/α-hetero) is 1. The normalized spacial score (nSPS) is 19.3. The minimum absolute atomic E-state index is 0. The van der Waals surface area contributed by atoms with E-state index >= 15 is 0 Å². The maximum atomic E-state index is 12.8. The van der Waals surface area contributed by atoms with E-state index in [0.29, 0.717) is 17.7 Å². The molecule has 2 heterocycles. The number of rotatable bonds is 8. The minimum Gasteiger partial charge on any atom is -0.453 e. The van der Waals surface area contributed by atoms with Crippen LogP contribution in [0.1, 0.15) is 63.8 Å². The third-order valence-electron chi connectivity index (χ3n) is 6.37. The number of hydrogen-bond donors (Lipinski definition) is 0. The van der Waals surface area contributed by atoms with Gasteiger partial charge in [0.2, 0.25) is 0 Å². The van der Waals surface area contributed by atoms with E-state index in [4.69, 9.17) is 4.74 Å². The van der Waals surface area contributed by atoms with Crippen molar-refractivity contribution >= 4 is 35.5 Å². The lowest BCUT2D eigenvalue weighted by Crippen LogP contribution is -2.45. The summed E-state index contributed by atoms with van der Waals surface area (Å²) in [5.41, 5.74) is 1.78. The van der Waals surface area contributed by atoms with Crippen LogP contribution in [-0.2, 0) is 4.74 Å². The van der Waals surface area contributed by atoms with Crippen molar-refractivity contribution in [1.29, 1.82) is 0 Å². The summed E-state index contributed by atoms with van der Waals surface area (Å²) in [6, 6.07) is 23.6. The predicted octanol–water partition coefficient (Wildman–Crippen LogP) is 6.58. The topological polar surface area (TPSA) is 46.6 Å². The Labute approximate surface area is 206 Å². The number of carbonyl (C=O) groups excluding carboxylic acids is 2. The van der Waals surface area contributed by atoms with Gasteiger partial charge in [-0.3, -0.25) is 9.69 Å². The van der Waals surface area contributed by atoms with Gasteiger partial charge in [0.15, 0.2) is 5.78 Å². The SMILES string of the molecule is CN1[C@@H](CC(=O)c2ccccc2)CCC[C@H]1C[C@H](OC(=O)c1cccs1)c1ccccc1.Cl. The summed E-state index contributed by atoms with van der Waals surface area (Å²) < 4.78 is 6.00. The van der Waals surface area contributed by atoms with Crippen molar-refractivity contribution in [2.45, 2.75) is 50.3 Å². The van der Waals surface area contributed by atoms with Crippen molar-refractivity contribution in [3.63, 3.8) is 0 Å². The number of hydrogen-bond acceptors (Lipinski definition) is 5. The summed E-state index contributed by atoms with van der Waals surface area (Å²) in [6.45, 7) is 0. The molecule has 1 aliphatic heterocycles. The molecule has 3 atom stereocenters. The average molecular weight is 484 g/mol. The fraction of sp³-hybridized carbons (Fsp3) is 0.333. The maximum absolute atomic E-state index is 12.8. The standard InChI is InChI=1S/C27H29NO3S.ClH/c1-28-22(18-24(29)20-10-4-2-5-11-20)14-8-15-23(28)19-25(21-12-6-3-7-13-21)31-27(30)26-16-9-17-32-26;/h2-7,9-13,16-17,22-23,25H,8,14-15,18-19H2,1H3;1H/t22-,23+,25+;/m1./s1. The van der Waals surface area contributed by atoms with Crippen LogP contribution in [0.15, 0.2) is 78.2 Å². The fourth-order valence-corrected chi connectivity index (χ4v) is 5.13. The molecule has 2 aromatic carbocycles. The van der Waals surface area contributed by atoms with E-state index in [2.05, 4.69) is 11.9 Å². The van der Waals surface area contributed by atoms with Gasteiger partial charge in [0.25, 0.3) is 0 Å². The first-order valence-electron chi connectivity index (χ1n) is 11.2. The number of likely N-dealkylation sites (tertiary alicyclic amines) is 1. The largest absolute Gasteiger partial charge is 0.453 e. The van der Waals surface area contributed by atoms with Crippen molar-refractivity contribution in [3.05, 3.63) is 94.2 Å². The van der Waals surface area contributed by atoms with Crippen molar-refractivity contribution in [3.8, 4) is 0 Å². The molecule has 0 N–H and O–H groups in total. The summed E-state index contributed by atoms with van der Waals surface area (Å²) >= 11 is 1.40. The van der Waals surface area contributed by atoms with E-state index in [-0.39, 0.29) is 42.3 Å². The Morgan fingerprint density at radius 1 is 0.970 bits per heavy atom. The van der Waals surface area contributed by atoms with Crippen LogP contribution in [-0.4, -0.2) is 35.8 Å². The van der Waals surface area contributed by atoms with Crippen LogP contribution in [0.2, 0.25) is 0 Å².